The number of fused-ring (bicyclic) bond motifs is 3. The monoisotopic (exact) mass is 513 g/mol. The van der Waals surface area contributed by atoms with Gasteiger partial charge in [-0.2, -0.15) is 18.3 Å². The summed E-state index contributed by atoms with van der Waals surface area (Å²) in [5, 5.41) is 17.1. The fraction of sp³-hybridized carbons (Fsp3) is 0.280. The van der Waals surface area contributed by atoms with Crippen molar-refractivity contribution >= 4 is 5.97 Å². The first-order chi connectivity index (χ1) is 17.7. The zero-order valence-electron chi connectivity index (χ0n) is 19.2. The molecule has 0 amide bonds. The maximum atomic E-state index is 14.2. The Bertz CT molecular complexity index is 1500. The van der Waals surface area contributed by atoms with Crippen LogP contribution in [0.15, 0.2) is 47.2 Å². The number of hydrogen-bond acceptors (Lipinski definition) is 6. The number of carboxylic acids is 1. The van der Waals surface area contributed by atoms with Crippen LogP contribution in [0.1, 0.15) is 22.4 Å². The van der Waals surface area contributed by atoms with Crippen molar-refractivity contribution in [1.29, 1.82) is 0 Å². The summed E-state index contributed by atoms with van der Waals surface area (Å²) >= 11 is 0. The molecule has 1 fully saturated rings. The van der Waals surface area contributed by atoms with Crippen LogP contribution in [-0.4, -0.2) is 49.0 Å². The van der Waals surface area contributed by atoms with Gasteiger partial charge in [-0.1, -0.05) is 23.4 Å². The standard InChI is InChI=1S/C25H19F4N5O3/c26-16-3-6-20(30-8-16)34-23(25(27,28)29)19(9-31-34)22-18-5-2-14-7-13(1-4-17(14)21(18)32-37-22)10-33-11-15(12-33)24(35)36/h1,3-4,6-9,15H,2,5,10-12H2,(H,35,36). The third-order valence-corrected chi connectivity index (χ3v) is 6.78. The van der Waals surface area contributed by atoms with E-state index < -0.39 is 23.7 Å². The van der Waals surface area contributed by atoms with Crippen molar-refractivity contribution in [2.45, 2.75) is 25.6 Å². The summed E-state index contributed by atoms with van der Waals surface area (Å²) in [6, 6.07) is 7.95. The first-order valence-electron chi connectivity index (χ1n) is 11.5. The number of likely N-dealkylation sites (tertiary alicyclic amines) is 1. The lowest BCUT2D eigenvalue weighted by Gasteiger charge is -2.36. The van der Waals surface area contributed by atoms with Gasteiger partial charge in [0.15, 0.2) is 17.3 Å². The molecule has 1 saturated heterocycles. The highest BCUT2D eigenvalue weighted by Crippen LogP contribution is 2.43. The first kappa shape index (κ1) is 23.3. The number of aryl methyl sites for hydroxylation is 1. The second-order valence-corrected chi connectivity index (χ2v) is 9.21. The van der Waals surface area contributed by atoms with Crippen molar-refractivity contribution in [1.82, 2.24) is 24.8 Å². The molecule has 0 unspecified atom stereocenters. The van der Waals surface area contributed by atoms with E-state index in [1.54, 1.807) is 0 Å². The minimum Gasteiger partial charge on any atom is -0.481 e. The first-order valence-corrected chi connectivity index (χ1v) is 11.5. The molecule has 4 heterocycles. The van der Waals surface area contributed by atoms with Crippen LogP contribution < -0.4 is 0 Å². The Morgan fingerprint density at radius 3 is 2.62 bits per heavy atom. The van der Waals surface area contributed by atoms with Crippen LogP contribution in [0.4, 0.5) is 17.6 Å². The van der Waals surface area contributed by atoms with E-state index in [2.05, 4.69) is 20.1 Å². The molecular weight excluding hydrogens is 494 g/mol. The normalized spacial score (nSPS) is 15.8. The van der Waals surface area contributed by atoms with Crippen molar-refractivity contribution in [2.75, 3.05) is 13.1 Å². The largest absolute Gasteiger partial charge is 0.481 e. The van der Waals surface area contributed by atoms with Gasteiger partial charge in [-0.15, -0.1) is 0 Å². The van der Waals surface area contributed by atoms with Gasteiger partial charge in [-0.25, -0.2) is 14.1 Å². The van der Waals surface area contributed by atoms with Gasteiger partial charge in [0.1, 0.15) is 11.5 Å². The second-order valence-electron chi connectivity index (χ2n) is 9.21. The number of benzene rings is 1. The zero-order chi connectivity index (χ0) is 25.9. The van der Waals surface area contributed by atoms with Crippen LogP contribution in [0.5, 0.6) is 0 Å². The summed E-state index contributed by atoms with van der Waals surface area (Å²) in [5.74, 6) is -1.98. The summed E-state index contributed by atoms with van der Waals surface area (Å²) in [4.78, 5) is 16.8. The molecule has 1 aromatic carbocycles. The Labute approximate surface area is 207 Å². The lowest BCUT2D eigenvalue weighted by atomic mass is 9.87. The number of aromatic nitrogens is 4. The molecule has 12 heteroatoms. The Hall–Kier alpha value is -4.06. The highest BCUT2D eigenvalue weighted by Gasteiger charge is 2.41. The zero-order valence-corrected chi connectivity index (χ0v) is 19.2. The molecule has 37 heavy (non-hydrogen) atoms. The number of pyridine rings is 1. The van der Waals surface area contributed by atoms with E-state index in [4.69, 9.17) is 9.63 Å². The smallest absolute Gasteiger partial charge is 0.434 e. The summed E-state index contributed by atoms with van der Waals surface area (Å²) in [5.41, 5.74) is 2.51. The number of carboxylic acid groups (broad SMARTS) is 1. The molecule has 0 atom stereocenters. The Morgan fingerprint density at radius 1 is 1.11 bits per heavy atom. The van der Waals surface area contributed by atoms with Crippen molar-refractivity contribution in [2.24, 2.45) is 5.92 Å². The molecule has 0 radical (unpaired) electrons. The minimum atomic E-state index is -4.79. The minimum absolute atomic E-state index is 0.00861. The highest BCUT2D eigenvalue weighted by atomic mass is 19.4. The molecule has 0 saturated carbocycles. The average molecular weight is 513 g/mol. The van der Waals surface area contributed by atoms with Gasteiger partial charge in [0.2, 0.25) is 0 Å². The van der Waals surface area contributed by atoms with Crippen molar-refractivity contribution < 1.29 is 32.0 Å². The molecule has 3 aromatic heterocycles. The lowest BCUT2D eigenvalue weighted by Crippen LogP contribution is -2.49. The number of halogens is 4. The molecule has 8 nitrogen and oxygen atoms in total. The molecule has 1 aliphatic carbocycles. The van der Waals surface area contributed by atoms with Crippen molar-refractivity contribution in [3.63, 3.8) is 0 Å². The number of nitrogens with zero attached hydrogens (tertiary/aromatic N) is 5. The molecule has 0 spiro atoms. The fourth-order valence-corrected chi connectivity index (χ4v) is 4.98. The average Bonchev–Trinajstić information content (AvgIpc) is 3.45. The van der Waals surface area contributed by atoms with Gasteiger partial charge in [0.25, 0.3) is 0 Å². The van der Waals surface area contributed by atoms with Crippen molar-refractivity contribution in [3.05, 3.63) is 70.9 Å². The third kappa shape index (κ3) is 4.06. The molecule has 190 valence electrons. The van der Waals surface area contributed by atoms with E-state index in [-0.39, 0.29) is 23.1 Å². The maximum absolute atomic E-state index is 14.2. The number of aliphatic carboxylic acids is 1. The quantitative estimate of drug-likeness (QED) is 0.396. The number of alkyl halides is 3. The lowest BCUT2D eigenvalue weighted by molar-refractivity contribution is -0.147. The highest BCUT2D eigenvalue weighted by molar-refractivity contribution is 5.77. The molecule has 4 aromatic rings. The van der Waals surface area contributed by atoms with Crippen LogP contribution >= 0.6 is 0 Å². The van der Waals surface area contributed by atoms with Gasteiger partial charge < -0.3 is 9.63 Å². The van der Waals surface area contributed by atoms with E-state index in [1.165, 1.54) is 0 Å². The Kier molecular flexibility index (Phi) is 5.37. The maximum Gasteiger partial charge on any atom is 0.434 e. The molecule has 0 bridgehead atoms. The number of carbonyl (C=O) groups is 1. The predicted molar refractivity (Wildman–Crippen MR) is 121 cm³/mol. The molecular formula is C25H19F4N5O3. The van der Waals surface area contributed by atoms with E-state index in [9.17, 15) is 22.4 Å². The van der Waals surface area contributed by atoms with Crippen LogP contribution in [0.3, 0.4) is 0 Å². The van der Waals surface area contributed by atoms with Gasteiger partial charge in [0.05, 0.1) is 23.9 Å². The van der Waals surface area contributed by atoms with Crippen LogP contribution in [-0.2, 0) is 30.4 Å². The number of hydrogen-bond donors (Lipinski definition) is 1. The van der Waals surface area contributed by atoms with Crippen LogP contribution in [0.2, 0.25) is 0 Å². The van der Waals surface area contributed by atoms with Crippen LogP contribution in [0, 0.1) is 11.7 Å². The Balaban J connectivity index is 1.33. The van der Waals surface area contributed by atoms with E-state index in [1.807, 2.05) is 18.2 Å². The van der Waals surface area contributed by atoms with E-state index in [0.717, 1.165) is 41.2 Å². The van der Waals surface area contributed by atoms with Gasteiger partial charge in [-0.3, -0.25) is 9.69 Å². The second kappa shape index (κ2) is 8.51. The van der Waals surface area contributed by atoms with E-state index in [0.29, 0.717) is 48.4 Å². The topological polar surface area (TPSA) is 97.3 Å². The molecule has 1 N–H and O–H groups in total. The van der Waals surface area contributed by atoms with Crippen LogP contribution in [0.25, 0.3) is 28.4 Å². The number of rotatable bonds is 5. The summed E-state index contributed by atoms with van der Waals surface area (Å²) in [7, 11) is 0. The fourth-order valence-electron chi connectivity index (χ4n) is 4.98. The third-order valence-electron chi connectivity index (χ3n) is 6.78. The van der Waals surface area contributed by atoms with Gasteiger partial charge in [0, 0.05) is 30.8 Å². The van der Waals surface area contributed by atoms with E-state index >= 15 is 0 Å². The predicted octanol–water partition coefficient (Wildman–Crippen LogP) is 4.36. The molecule has 2 aliphatic rings. The summed E-state index contributed by atoms with van der Waals surface area (Å²) < 4.78 is 61.8. The molecule has 6 rings (SSSR count). The Morgan fingerprint density at radius 2 is 1.92 bits per heavy atom. The summed E-state index contributed by atoms with van der Waals surface area (Å²) in [6.07, 6.45) is -1.90. The molecule has 1 aliphatic heterocycles. The van der Waals surface area contributed by atoms with Gasteiger partial charge >= 0.3 is 12.1 Å². The summed E-state index contributed by atoms with van der Waals surface area (Å²) in [6.45, 7) is 1.64. The SMILES string of the molecule is O=C(O)C1CN(Cc2ccc3c(c2)CCc2c-3noc2-c2cnn(-c3ccc(F)cn3)c2C(F)(F)F)C1. The van der Waals surface area contributed by atoms with Crippen molar-refractivity contribution in [3.8, 4) is 28.4 Å². The van der Waals surface area contributed by atoms with Gasteiger partial charge in [-0.05, 0) is 36.1 Å².